The van der Waals surface area contributed by atoms with Crippen molar-refractivity contribution in [3.05, 3.63) is 0 Å². The molecule has 0 aliphatic carbocycles. The largest absolute Gasteiger partial charge is 0.480 e. The second-order valence-corrected chi connectivity index (χ2v) is 1.96. The van der Waals surface area contributed by atoms with E-state index in [4.69, 9.17) is 15.3 Å². The van der Waals surface area contributed by atoms with E-state index in [0.717, 1.165) is 0 Å². The molecule has 0 aromatic carbocycles. The quantitative estimate of drug-likeness (QED) is 0.463. The molecule has 2 atom stereocenters. The maximum Gasteiger partial charge on any atom is 0.321 e. The second-order valence-electron chi connectivity index (χ2n) is 1.96. The van der Waals surface area contributed by atoms with E-state index >= 15 is 0 Å². The van der Waals surface area contributed by atoms with Crippen LogP contribution in [-0.4, -0.2) is 34.0 Å². The molecule has 0 bridgehead atoms. The summed E-state index contributed by atoms with van der Waals surface area (Å²) in [6.07, 6.45) is -1.31. The summed E-state index contributed by atoms with van der Waals surface area (Å²) in [7, 11) is 0. The average molecular weight is 158 g/mol. The molecule has 11 heavy (non-hydrogen) atoms. The Morgan fingerprint density at radius 1 is 1.64 bits per heavy atom. The van der Waals surface area contributed by atoms with E-state index in [9.17, 15) is 4.79 Å². The Morgan fingerprint density at radius 3 is 2.45 bits per heavy atom. The van der Waals surface area contributed by atoms with E-state index < -0.39 is 24.6 Å². The Bertz CT molecular complexity index is 188. The van der Waals surface area contributed by atoms with Crippen LogP contribution in [0.2, 0.25) is 0 Å². The molecular formula is C7H10O4. The molecule has 0 heterocycles. The van der Waals surface area contributed by atoms with E-state index in [-0.39, 0.29) is 0 Å². The van der Waals surface area contributed by atoms with Crippen LogP contribution in [0.4, 0.5) is 0 Å². The van der Waals surface area contributed by atoms with E-state index in [1.165, 1.54) is 6.92 Å². The molecule has 0 spiro atoms. The lowest BCUT2D eigenvalue weighted by Gasteiger charge is -2.09. The minimum atomic E-state index is -1.31. The summed E-state index contributed by atoms with van der Waals surface area (Å²) in [5.74, 6) is 2.22. The molecule has 0 aromatic rings. The molecule has 0 aromatic heterocycles. The van der Waals surface area contributed by atoms with Gasteiger partial charge in [-0.15, -0.1) is 5.92 Å². The highest BCUT2D eigenvalue weighted by molar-refractivity contribution is 5.74. The highest BCUT2D eigenvalue weighted by Crippen LogP contribution is 2.01. The summed E-state index contributed by atoms with van der Waals surface area (Å²) in [5.41, 5.74) is 0. The van der Waals surface area contributed by atoms with Gasteiger partial charge in [0.15, 0.2) is 0 Å². The molecule has 0 aliphatic rings. The van der Waals surface area contributed by atoms with Gasteiger partial charge >= 0.3 is 5.97 Å². The van der Waals surface area contributed by atoms with E-state index in [1.807, 2.05) is 0 Å². The summed E-state index contributed by atoms with van der Waals surface area (Å²) in [6.45, 7) is 0.881. The first-order chi connectivity index (χ1) is 5.13. The molecule has 0 rings (SSSR count). The highest BCUT2D eigenvalue weighted by Gasteiger charge is 2.23. The van der Waals surface area contributed by atoms with E-state index in [2.05, 4.69) is 11.8 Å². The lowest BCUT2D eigenvalue weighted by atomic mass is 10.0. The molecular weight excluding hydrogens is 148 g/mol. The van der Waals surface area contributed by atoms with Gasteiger partial charge in [-0.3, -0.25) is 4.79 Å². The zero-order chi connectivity index (χ0) is 8.85. The van der Waals surface area contributed by atoms with Gasteiger partial charge in [-0.25, -0.2) is 0 Å². The molecule has 62 valence electrons. The summed E-state index contributed by atoms with van der Waals surface area (Å²) in [4.78, 5) is 10.3. The van der Waals surface area contributed by atoms with E-state index in [1.54, 1.807) is 0 Å². The Labute approximate surface area is 64.5 Å². The standard InChI is InChI=1S/C7H10O4/c1-2-3-5(7(10)11)6(9)4-8/h5-6,8-9H,4H2,1H3,(H,10,11). The minimum absolute atomic E-state index is 0.592. The first kappa shape index (κ1) is 9.95. The Kier molecular flexibility index (Phi) is 4.27. The van der Waals surface area contributed by atoms with Gasteiger partial charge in [0.1, 0.15) is 12.0 Å². The van der Waals surface area contributed by atoms with Crippen LogP contribution < -0.4 is 0 Å². The predicted molar refractivity (Wildman–Crippen MR) is 37.7 cm³/mol. The van der Waals surface area contributed by atoms with Crippen molar-refractivity contribution in [3.8, 4) is 11.8 Å². The summed E-state index contributed by atoms with van der Waals surface area (Å²) in [5, 5.41) is 25.7. The van der Waals surface area contributed by atoms with Crippen molar-refractivity contribution in [3.63, 3.8) is 0 Å². The van der Waals surface area contributed by atoms with Gasteiger partial charge in [0.05, 0.1) is 6.61 Å². The van der Waals surface area contributed by atoms with Crippen LogP contribution in [0.25, 0.3) is 0 Å². The molecule has 0 saturated carbocycles. The Balaban J connectivity index is 4.29. The van der Waals surface area contributed by atoms with Crippen molar-refractivity contribution in [1.82, 2.24) is 0 Å². The van der Waals surface area contributed by atoms with Gasteiger partial charge in [0.25, 0.3) is 0 Å². The van der Waals surface area contributed by atoms with Crippen LogP contribution in [0.1, 0.15) is 6.92 Å². The van der Waals surface area contributed by atoms with Gasteiger partial charge in [-0.05, 0) is 6.92 Å². The number of rotatable bonds is 3. The molecule has 0 aliphatic heterocycles. The highest BCUT2D eigenvalue weighted by atomic mass is 16.4. The van der Waals surface area contributed by atoms with Crippen molar-refractivity contribution in [1.29, 1.82) is 0 Å². The van der Waals surface area contributed by atoms with Gasteiger partial charge in [0, 0.05) is 0 Å². The number of carboxylic acids is 1. The Morgan fingerprint density at radius 2 is 2.18 bits per heavy atom. The fraction of sp³-hybridized carbons (Fsp3) is 0.571. The lowest BCUT2D eigenvalue weighted by molar-refractivity contribution is -0.143. The third-order valence-corrected chi connectivity index (χ3v) is 1.14. The first-order valence-corrected chi connectivity index (χ1v) is 3.07. The van der Waals surface area contributed by atoms with Gasteiger partial charge in [-0.1, -0.05) is 5.92 Å². The van der Waals surface area contributed by atoms with Crippen molar-refractivity contribution >= 4 is 5.97 Å². The van der Waals surface area contributed by atoms with Crippen molar-refractivity contribution in [2.75, 3.05) is 6.61 Å². The number of hydrogen-bond acceptors (Lipinski definition) is 3. The van der Waals surface area contributed by atoms with Crippen LogP contribution in [-0.2, 0) is 4.79 Å². The average Bonchev–Trinajstić information content (AvgIpc) is 1.98. The van der Waals surface area contributed by atoms with Crippen LogP contribution in [0, 0.1) is 17.8 Å². The van der Waals surface area contributed by atoms with Crippen molar-refractivity contribution in [2.24, 2.45) is 5.92 Å². The molecule has 0 radical (unpaired) electrons. The normalized spacial score (nSPS) is 14.5. The van der Waals surface area contributed by atoms with E-state index in [0.29, 0.717) is 0 Å². The number of aliphatic carboxylic acids is 1. The molecule has 3 N–H and O–H groups in total. The van der Waals surface area contributed by atoms with Crippen molar-refractivity contribution in [2.45, 2.75) is 13.0 Å². The van der Waals surface area contributed by atoms with Crippen LogP contribution in [0.3, 0.4) is 0 Å². The lowest BCUT2D eigenvalue weighted by Crippen LogP contribution is -2.29. The maximum atomic E-state index is 10.3. The third kappa shape index (κ3) is 3.03. The number of aliphatic hydroxyl groups excluding tert-OH is 2. The predicted octanol–water partition coefficient (Wildman–Crippen LogP) is -0.936. The van der Waals surface area contributed by atoms with Crippen LogP contribution >= 0.6 is 0 Å². The summed E-state index contributed by atoms with van der Waals surface area (Å²) < 4.78 is 0. The minimum Gasteiger partial charge on any atom is -0.480 e. The molecule has 0 amide bonds. The summed E-state index contributed by atoms with van der Waals surface area (Å²) >= 11 is 0. The SMILES string of the molecule is CC#CC(C(=O)O)C(O)CO. The molecule has 0 fully saturated rings. The topological polar surface area (TPSA) is 77.8 Å². The summed E-state index contributed by atoms with van der Waals surface area (Å²) in [6, 6.07) is 0. The molecule has 4 nitrogen and oxygen atoms in total. The molecule has 2 unspecified atom stereocenters. The number of aliphatic hydroxyl groups is 2. The molecule has 0 saturated heterocycles. The maximum absolute atomic E-state index is 10.3. The zero-order valence-electron chi connectivity index (χ0n) is 6.11. The number of carbonyl (C=O) groups is 1. The van der Waals surface area contributed by atoms with Gasteiger partial charge < -0.3 is 15.3 Å². The zero-order valence-corrected chi connectivity index (χ0v) is 6.11. The molecule has 4 heteroatoms. The van der Waals surface area contributed by atoms with Gasteiger partial charge in [0.2, 0.25) is 0 Å². The first-order valence-electron chi connectivity index (χ1n) is 3.07. The smallest absolute Gasteiger partial charge is 0.321 e. The van der Waals surface area contributed by atoms with Gasteiger partial charge in [-0.2, -0.15) is 0 Å². The fourth-order valence-electron chi connectivity index (χ4n) is 0.583. The van der Waals surface area contributed by atoms with Crippen LogP contribution in [0.15, 0.2) is 0 Å². The van der Waals surface area contributed by atoms with Crippen molar-refractivity contribution < 1.29 is 20.1 Å². The fourth-order valence-corrected chi connectivity index (χ4v) is 0.583. The third-order valence-electron chi connectivity index (χ3n) is 1.14. The monoisotopic (exact) mass is 158 g/mol. The Hall–Kier alpha value is -1.05. The van der Waals surface area contributed by atoms with Crippen LogP contribution in [0.5, 0.6) is 0 Å². The number of carboxylic acid groups (broad SMARTS) is 1. The second kappa shape index (κ2) is 4.72. The number of hydrogen-bond donors (Lipinski definition) is 3.